The summed E-state index contributed by atoms with van der Waals surface area (Å²) in [6.45, 7) is 5.91. The first-order chi connectivity index (χ1) is 16.5. The molecule has 34 heavy (non-hydrogen) atoms. The number of para-hydroxylation sites is 1. The van der Waals surface area contributed by atoms with Crippen LogP contribution in [0.4, 0.5) is 5.69 Å². The SMILES string of the molecule is C=CCOc1ccc(C2c3c(oc4ccc(C)cc4c3=O)C(=O)N2c2ccccc2)cc1OC. The van der Waals surface area contributed by atoms with Gasteiger partial charge in [-0.15, -0.1) is 0 Å². The maximum Gasteiger partial charge on any atom is 0.295 e. The molecule has 0 bridgehead atoms. The van der Waals surface area contributed by atoms with Crippen LogP contribution in [0.2, 0.25) is 0 Å². The summed E-state index contributed by atoms with van der Waals surface area (Å²) in [4.78, 5) is 29.0. The molecule has 1 aromatic heterocycles. The highest BCUT2D eigenvalue weighted by atomic mass is 16.5. The van der Waals surface area contributed by atoms with Gasteiger partial charge in [-0.3, -0.25) is 14.5 Å². The summed E-state index contributed by atoms with van der Waals surface area (Å²) in [5, 5.41) is 0.448. The monoisotopic (exact) mass is 453 g/mol. The van der Waals surface area contributed by atoms with Crippen molar-refractivity contribution >= 4 is 22.6 Å². The third-order valence-corrected chi connectivity index (χ3v) is 5.92. The van der Waals surface area contributed by atoms with Crippen LogP contribution in [0.25, 0.3) is 11.0 Å². The zero-order chi connectivity index (χ0) is 23.8. The zero-order valence-electron chi connectivity index (χ0n) is 18.9. The lowest BCUT2D eigenvalue weighted by Gasteiger charge is -2.25. The van der Waals surface area contributed by atoms with Gasteiger partial charge >= 0.3 is 0 Å². The molecule has 0 saturated carbocycles. The molecular weight excluding hydrogens is 430 g/mol. The Morgan fingerprint density at radius 2 is 1.82 bits per heavy atom. The number of carbonyl (C=O) groups is 1. The van der Waals surface area contributed by atoms with E-state index < -0.39 is 6.04 Å². The van der Waals surface area contributed by atoms with Crippen molar-refractivity contribution in [3.8, 4) is 11.5 Å². The Hall–Kier alpha value is -4.32. The van der Waals surface area contributed by atoms with Crippen LogP contribution in [0, 0.1) is 6.92 Å². The van der Waals surface area contributed by atoms with Crippen LogP contribution in [0.1, 0.15) is 33.3 Å². The second-order valence-corrected chi connectivity index (χ2v) is 8.10. The van der Waals surface area contributed by atoms with Crippen molar-refractivity contribution in [1.29, 1.82) is 0 Å². The van der Waals surface area contributed by atoms with Crippen LogP contribution in [0.5, 0.6) is 11.5 Å². The average Bonchev–Trinajstić information content (AvgIpc) is 3.16. The second-order valence-electron chi connectivity index (χ2n) is 8.10. The second kappa shape index (κ2) is 8.56. The summed E-state index contributed by atoms with van der Waals surface area (Å²) in [6.07, 6.45) is 1.65. The van der Waals surface area contributed by atoms with E-state index in [1.807, 2.05) is 49.4 Å². The molecule has 0 radical (unpaired) electrons. The Morgan fingerprint density at radius 3 is 2.56 bits per heavy atom. The van der Waals surface area contributed by atoms with Gasteiger partial charge in [0.1, 0.15) is 12.2 Å². The highest BCUT2D eigenvalue weighted by Crippen LogP contribution is 2.43. The third-order valence-electron chi connectivity index (χ3n) is 5.92. The largest absolute Gasteiger partial charge is 0.493 e. The van der Waals surface area contributed by atoms with Crippen molar-refractivity contribution in [3.63, 3.8) is 0 Å². The first-order valence-corrected chi connectivity index (χ1v) is 10.9. The minimum absolute atomic E-state index is 0.0566. The lowest BCUT2D eigenvalue weighted by atomic mass is 9.97. The molecule has 6 heteroatoms. The molecule has 170 valence electrons. The van der Waals surface area contributed by atoms with Gasteiger partial charge in [-0.1, -0.05) is 48.6 Å². The smallest absolute Gasteiger partial charge is 0.295 e. The maximum atomic E-state index is 13.7. The Morgan fingerprint density at radius 1 is 1.03 bits per heavy atom. The number of fused-ring (bicyclic) bond motifs is 2. The topological polar surface area (TPSA) is 69.0 Å². The molecule has 0 saturated heterocycles. The Labute approximate surface area is 196 Å². The molecule has 1 atom stereocenters. The number of ether oxygens (including phenoxy) is 2. The standard InChI is InChI=1S/C28H23NO5/c1-4-14-33-22-13-11-18(16-23(22)32-3)25-24-26(30)20-15-17(2)10-12-21(20)34-27(24)28(31)29(25)19-8-6-5-7-9-19/h4-13,15-16,25H,1,14H2,2-3H3. The summed E-state index contributed by atoms with van der Waals surface area (Å²) >= 11 is 0. The first kappa shape index (κ1) is 21.5. The molecular formula is C28H23NO5. The molecule has 4 aromatic rings. The summed E-state index contributed by atoms with van der Waals surface area (Å²) in [5.41, 5.74) is 2.79. The molecule has 2 heterocycles. The summed E-state index contributed by atoms with van der Waals surface area (Å²) in [5.74, 6) is 0.732. The van der Waals surface area contributed by atoms with E-state index >= 15 is 0 Å². The molecule has 3 aromatic carbocycles. The van der Waals surface area contributed by atoms with Gasteiger partial charge in [-0.25, -0.2) is 0 Å². The highest BCUT2D eigenvalue weighted by Gasteiger charge is 2.43. The predicted molar refractivity (Wildman–Crippen MR) is 131 cm³/mol. The van der Waals surface area contributed by atoms with Crippen LogP contribution in [0.3, 0.4) is 0 Å². The molecule has 1 aliphatic heterocycles. The molecule has 1 amide bonds. The van der Waals surface area contributed by atoms with E-state index in [4.69, 9.17) is 13.9 Å². The highest BCUT2D eigenvalue weighted by molar-refractivity contribution is 6.10. The van der Waals surface area contributed by atoms with Crippen molar-refractivity contribution < 1.29 is 18.7 Å². The fraction of sp³-hybridized carbons (Fsp3) is 0.143. The number of aryl methyl sites for hydroxylation is 1. The van der Waals surface area contributed by atoms with Gasteiger partial charge < -0.3 is 13.9 Å². The summed E-state index contributed by atoms with van der Waals surface area (Å²) in [7, 11) is 1.55. The fourth-order valence-corrected chi connectivity index (χ4v) is 4.38. The molecule has 0 aliphatic carbocycles. The lowest BCUT2D eigenvalue weighted by molar-refractivity contribution is 0.0971. The average molecular weight is 453 g/mol. The summed E-state index contributed by atoms with van der Waals surface area (Å²) < 4.78 is 17.3. The lowest BCUT2D eigenvalue weighted by Crippen LogP contribution is -2.29. The van der Waals surface area contributed by atoms with E-state index in [9.17, 15) is 9.59 Å². The van der Waals surface area contributed by atoms with Crippen LogP contribution in [-0.2, 0) is 0 Å². The fourth-order valence-electron chi connectivity index (χ4n) is 4.38. The van der Waals surface area contributed by atoms with E-state index in [2.05, 4.69) is 6.58 Å². The van der Waals surface area contributed by atoms with Crippen molar-refractivity contribution in [1.82, 2.24) is 0 Å². The van der Waals surface area contributed by atoms with Crippen molar-refractivity contribution in [2.75, 3.05) is 18.6 Å². The first-order valence-electron chi connectivity index (χ1n) is 10.9. The Kier molecular flexibility index (Phi) is 5.42. The quantitative estimate of drug-likeness (QED) is 0.365. The molecule has 0 spiro atoms. The van der Waals surface area contributed by atoms with Crippen molar-refractivity contribution in [2.45, 2.75) is 13.0 Å². The molecule has 1 unspecified atom stereocenters. The minimum Gasteiger partial charge on any atom is -0.493 e. The zero-order valence-corrected chi connectivity index (χ0v) is 18.9. The molecule has 0 fully saturated rings. The molecule has 5 rings (SSSR count). The number of amides is 1. The van der Waals surface area contributed by atoms with Crippen LogP contribution in [-0.4, -0.2) is 19.6 Å². The van der Waals surface area contributed by atoms with Gasteiger partial charge in [-0.05, 0) is 48.9 Å². The summed E-state index contributed by atoms with van der Waals surface area (Å²) in [6, 6.07) is 19.4. The van der Waals surface area contributed by atoms with E-state index in [0.717, 1.165) is 5.56 Å². The van der Waals surface area contributed by atoms with Gasteiger partial charge in [-0.2, -0.15) is 0 Å². The number of anilines is 1. The maximum absolute atomic E-state index is 13.7. The number of nitrogens with zero attached hydrogens (tertiary/aromatic N) is 1. The van der Waals surface area contributed by atoms with Crippen molar-refractivity contribution in [3.05, 3.63) is 112 Å². The number of carbonyl (C=O) groups excluding carboxylic acids is 1. The predicted octanol–water partition coefficient (Wildman–Crippen LogP) is 5.42. The number of rotatable bonds is 6. The minimum atomic E-state index is -0.687. The van der Waals surface area contributed by atoms with Gasteiger partial charge in [0.05, 0.1) is 24.1 Å². The van der Waals surface area contributed by atoms with Crippen molar-refractivity contribution in [2.24, 2.45) is 0 Å². The van der Waals surface area contributed by atoms with E-state index in [0.29, 0.717) is 45.9 Å². The Balaban J connectivity index is 1.76. The number of benzene rings is 3. The number of hydrogen-bond donors (Lipinski definition) is 0. The van der Waals surface area contributed by atoms with E-state index in [1.54, 1.807) is 42.4 Å². The number of methoxy groups -OCH3 is 1. The van der Waals surface area contributed by atoms with E-state index in [1.165, 1.54) is 0 Å². The van der Waals surface area contributed by atoms with Gasteiger partial charge in [0.25, 0.3) is 5.91 Å². The third kappa shape index (κ3) is 3.44. The van der Waals surface area contributed by atoms with Gasteiger partial charge in [0.2, 0.25) is 5.76 Å². The van der Waals surface area contributed by atoms with Crippen LogP contribution < -0.4 is 19.8 Å². The normalized spacial score (nSPS) is 14.8. The van der Waals surface area contributed by atoms with Crippen LogP contribution >= 0.6 is 0 Å². The van der Waals surface area contributed by atoms with Crippen LogP contribution in [0.15, 0.2) is 88.6 Å². The van der Waals surface area contributed by atoms with Gasteiger partial charge in [0, 0.05) is 5.69 Å². The number of hydrogen-bond acceptors (Lipinski definition) is 5. The van der Waals surface area contributed by atoms with Gasteiger partial charge in [0.15, 0.2) is 16.9 Å². The molecule has 1 aliphatic rings. The molecule has 0 N–H and O–H groups in total. The molecule has 6 nitrogen and oxygen atoms in total. The van der Waals surface area contributed by atoms with E-state index in [-0.39, 0.29) is 17.1 Å². The Bertz CT molecular complexity index is 1470.